The van der Waals surface area contributed by atoms with Gasteiger partial charge in [-0.1, -0.05) is 36.4 Å². The quantitative estimate of drug-likeness (QED) is 0.803. The Kier molecular flexibility index (Phi) is 5.33. The molecule has 0 spiro atoms. The summed E-state index contributed by atoms with van der Waals surface area (Å²) in [5.74, 6) is -0.188. The molecular weight excluding hydrogens is 378 g/mol. The number of hydrogen-bond donors (Lipinski definition) is 1. The van der Waals surface area contributed by atoms with E-state index < -0.39 is 5.66 Å². The number of anilines is 1. The van der Waals surface area contributed by atoms with Crippen molar-refractivity contribution in [3.63, 3.8) is 0 Å². The highest BCUT2D eigenvalue weighted by Gasteiger charge is 2.52. The van der Waals surface area contributed by atoms with Crippen molar-refractivity contribution in [2.45, 2.75) is 45.2 Å². The summed E-state index contributed by atoms with van der Waals surface area (Å²) in [6.45, 7) is 4.82. The summed E-state index contributed by atoms with van der Waals surface area (Å²) < 4.78 is 0. The van der Waals surface area contributed by atoms with Crippen LogP contribution in [0.15, 0.2) is 48.5 Å². The van der Waals surface area contributed by atoms with Gasteiger partial charge in [0.25, 0.3) is 5.91 Å². The van der Waals surface area contributed by atoms with Crippen LogP contribution in [0.2, 0.25) is 0 Å². The number of carbonyl (C=O) groups excluding carboxylic acids is 3. The summed E-state index contributed by atoms with van der Waals surface area (Å²) in [6, 6.07) is 15.3. The van der Waals surface area contributed by atoms with E-state index in [-0.39, 0.29) is 30.7 Å². The Hall–Kier alpha value is -3.15. The molecule has 0 saturated carbocycles. The van der Waals surface area contributed by atoms with E-state index in [1.807, 2.05) is 31.2 Å². The average molecular weight is 405 g/mol. The molecule has 2 aliphatic rings. The summed E-state index contributed by atoms with van der Waals surface area (Å²) in [5, 5.41) is 2.96. The van der Waals surface area contributed by atoms with Crippen LogP contribution in [0.3, 0.4) is 0 Å². The van der Waals surface area contributed by atoms with E-state index in [0.717, 1.165) is 6.42 Å². The van der Waals surface area contributed by atoms with E-state index in [9.17, 15) is 14.4 Å². The Labute approximate surface area is 176 Å². The second-order valence-electron chi connectivity index (χ2n) is 8.20. The van der Waals surface area contributed by atoms with Crippen LogP contribution in [0, 0.1) is 6.92 Å². The van der Waals surface area contributed by atoms with Crippen LogP contribution in [0.25, 0.3) is 0 Å². The summed E-state index contributed by atoms with van der Waals surface area (Å²) in [4.78, 5) is 41.6. The molecule has 3 amide bonds. The molecule has 4 rings (SSSR count). The van der Waals surface area contributed by atoms with Crippen molar-refractivity contribution in [2.75, 3.05) is 18.0 Å². The van der Waals surface area contributed by atoms with Gasteiger partial charge in [0, 0.05) is 25.9 Å². The maximum Gasteiger partial charge on any atom is 0.257 e. The first kappa shape index (κ1) is 20.1. The van der Waals surface area contributed by atoms with E-state index in [4.69, 9.17) is 0 Å². The van der Waals surface area contributed by atoms with Gasteiger partial charge >= 0.3 is 0 Å². The smallest absolute Gasteiger partial charge is 0.257 e. The monoisotopic (exact) mass is 405 g/mol. The molecule has 0 aromatic heterocycles. The topological polar surface area (TPSA) is 69.7 Å². The minimum absolute atomic E-state index is 0.0186. The Morgan fingerprint density at radius 1 is 1.10 bits per heavy atom. The van der Waals surface area contributed by atoms with Crippen molar-refractivity contribution in [3.8, 4) is 0 Å². The number of hydrogen-bond acceptors (Lipinski definition) is 3. The summed E-state index contributed by atoms with van der Waals surface area (Å²) in [6.07, 6.45) is 1.95. The lowest BCUT2D eigenvalue weighted by Crippen LogP contribution is -2.62. The maximum absolute atomic E-state index is 13.2. The SMILES string of the molecule is Cc1ccccc1CCNC(=O)CCN1C(=O)c2ccccc2N2C(=O)CCC12C. The van der Waals surface area contributed by atoms with E-state index in [0.29, 0.717) is 30.6 Å². The molecule has 6 nitrogen and oxygen atoms in total. The van der Waals surface area contributed by atoms with Crippen LogP contribution in [-0.4, -0.2) is 41.4 Å². The van der Waals surface area contributed by atoms with Crippen LogP contribution >= 0.6 is 0 Å². The first-order chi connectivity index (χ1) is 14.4. The van der Waals surface area contributed by atoms with Crippen LogP contribution in [0.1, 0.15) is 47.7 Å². The Morgan fingerprint density at radius 2 is 1.83 bits per heavy atom. The first-order valence-corrected chi connectivity index (χ1v) is 10.5. The Bertz CT molecular complexity index is 1000. The number of nitrogens with one attached hydrogen (secondary N) is 1. The Balaban J connectivity index is 1.41. The van der Waals surface area contributed by atoms with Gasteiger partial charge in [-0.25, -0.2) is 0 Å². The first-order valence-electron chi connectivity index (χ1n) is 10.5. The summed E-state index contributed by atoms with van der Waals surface area (Å²) >= 11 is 0. The molecule has 0 aliphatic carbocycles. The molecular formula is C24H27N3O3. The lowest BCUT2D eigenvalue weighted by atomic mass is 9.98. The zero-order valence-electron chi connectivity index (χ0n) is 17.5. The fourth-order valence-electron chi connectivity index (χ4n) is 4.57. The van der Waals surface area contributed by atoms with Crippen molar-refractivity contribution >= 4 is 23.4 Å². The third-order valence-corrected chi connectivity index (χ3v) is 6.29. The lowest BCUT2D eigenvalue weighted by Gasteiger charge is -2.48. The summed E-state index contributed by atoms with van der Waals surface area (Å²) in [5.41, 5.74) is 2.90. The van der Waals surface area contributed by atoms with Crippen molar-refractivity contribution in [2.24, 2.45) is 0 Å². The second-order valence-corrected chi connectivity index (χ2v) is 8.20. The van der Waals surface area contributed by atoms with Gasteiger partial charge in [-0.05, 0) is 49.9 Å². The molecule has 2 heterocycles. The van der Waals surface area contributed by atoms with Gasteiger partial charge in [-0.3, -0.25) is 19.3 Å². The van der Waals surface area contributed by atoms with Gasteiger partial charge in [-0.15, -0.1) is 0 Å². The predicted octanol–water partition coefficient (Wildman–Crippen LogP) is 3.04. The minimum atomic E-state index is -0.718. The van der Waals surface area contributed by atoms with E-state index >= 15 is 0 Å². The largest absolute Gasteiger partial charge is 0.356 e. The molecule has 0 bridgehead atoms. The fourth-order valence-corrected chi connectivity index (χ4v) is 4.57. The molecule has 2 aromatic carbocycles. The third-order valence-electron chi connectivity index (χ3n) is 6.29. The molecule has 30 heavy (non-hydrogen) atoms. The van der Waals surface area contributed by atoms with Crippen molar-refractivity contribution in [1.29, 1.82) is 0 Å². The van der Waals surface area contributed by atoms with Gasteiger partial charge in [0.15, 0.2) is 0 Å². The van der Waals surface area contributed by atoms with Crippen molar-refractivity contribution in [1.82, 2.24) is 10.2 Å². The normalized spacial score (nSPS) is 20.2. The van der Waals surface area contributed by atoms with E-state index in [1.54, 1.807) is 21.9 Å². The maximum atomic E-state index is 13.2. The van der Waals surface area contributed by atoms with Crippen LogP contribution in [0.4, 0.5) is 5.69 Å². The standard InChI is InChI=1S/C24H27N3O3/c1-17-7-3-4-8-18(17)12-15-25-21(28)13-16-26-23(30)19-9-5-6-10-20(19)27-22(29)11-14-24(26,27)2/h3-10H,11-16H2,1-2H3,(H,25,28). The van der Waals surface area contributed by atoms with Gasteiger partial charge in [0.2, 0.25) is 11.8 Å². The van der Waals surface area contributed by atoms with E-state index in [1.165, 1.54) is 11.1 Å². The molecule has 1 fully saturated rings. The number of para-hydroxylation sites is 1. The van der Waals surface area contributed by atoms with Crippen molar-refractivity contribution < 1.29 is 14.4 Å². The van der Waals surface area contributed by atoms with Gasteiger partial charge in [0.05, 0.1) is 11.3 Å². The highest BCUT2D eigenvalue weighted by molar-refractivity contribution is 6.10. The van der Waals surface area contributed by atoms with Gasteiger partial charge in [0.1, 0.15) is 5.66 Å². The second kappa shape index (κ2) is 7.94. The highest BCUT2D eigenvalue weighted by Crippen LogP contribution is 2.43. The lowest BCUT2D eigenvalue weighted by molar-refractivity contribution is -0.121. The molecule has 0 radical (unpaired) electrons. The number of carbonyl (C=O) groups is 3. The molecule has 2 aliphatic heterocycles. The third kappa shape index (κ3) is 3.47. The zero-order chi connectivity index (χ0) is 21.3. The van der Waals surface area contributed by atoms with Gasteiger partial charge < -0.3 is 10.2 Å². The number of benzene rings is 2. The van der Waals surface area contributed by atoms with Gasteiger partial charge in [-0.2, -0.15) is 0 Å². The number of aryl methyl sites for hydroxylation is 1. The number of rotatable bonds is 6. The van der Waals surface area contributed by atoms with Crippen LogP contribution in [0.5, 0.6) is 0 Å². The molecule has 2 aromatic rings. The number of nitrogens with zero attached hydrogens (tertiary/aromatic N) is 2. The molecule has 1 unspecified atom stereocenters. The molecule has 156 valence electrons. The number of amides is 3. The minimum Gasteiger partial charge on any atom is -0.356 e. The zero-order valence-corrected chi connectivity index (χ0v) is 17.5. The summed E-state index contributed by atoms with van der Waals surface area (Å²) in [7, 11) is 0. The molecule has 1 atom stereocenters. The molecule has 1 saturated heterocycles. The Morgan fingerprint density at radius 3 is 2.63 bits per heavy atom. The van der Waals surface area contributed by atoms with Crippen LogP contribution < -0.4 is 10.2 Å². The van der Waals surface area contributed by atoms with E-state index in [2.05, 4.69) is 24.4 Å². The fraction of sp³-hybridized carbons (Fsp3) is 0.375. The predicted molar refractivity (Wildman–Crippen MR) is 115 cm³/mol. The average Bonchev–Trinajstić information content (AvgIpc) is 3.04. The number of fused-ring (bicyclic) bond motifs is 3. The van der Waals surface area contributed by atoms with Crippen molar-refractivity contribution in [3.05, 3.63) is 65.2 Å². The molecule has 6 heteroatoms. The molecule has 1 N–H and O–H groups in total. The van der Waals surface area contributed by atoms with Crippen LogP contribution in [-0.2, 0) is 16.0 Å². The highest BCUT2D eigenvalue weighted by atomic mass is 16.2.